The number of ketones is 1. The van der Waals surface area contributed by atoms with Crippen molar-refractivity contribution < 1.29 is 14.3 Å². The van der Waals surface area contributed by atoms with Gasteiger partial charge in [0.1, 0.15) is 5.75 Å². The van der Waals surface area contributed by atoms with Gasteiger partial charge in [-0.2, -0.15) is 0 Å². The first kappa shape index (κ1) is 17.0. The van der Waals surface area contributed by atoms with Crippen molar-refractivity contribution in [3.8, 4) is 5.75 Å². The van der Waals surface area contributed by atoms with Crippen molar-refractivity contribution >= 4 is 5.78 Å². The summed E-state index contributed by atoms with van der Waals surface area (Å²) in [5.74, 6) is 0.746. The molecule has 1 heterocycles. The van der Waals surface area contributed by atoms with Crippen LogP contribution in [0.5, 0.6) is 5.75 Å². The maximum atomic E-state index is 11.5. The summed E-state index contributed by atoms with van der Waals surface area (Å²) < 4.78 is 11.5. The van der Waals surface area contributed by atoms with Crippen LogP contribution >= 0.6 is 0 Å². The number of hydrogen-bond acceptors (Lipinski definition) is 4. The van der Waals surface area contributed by atoms with Crippen LogP contribution in [0.2, 0.25) is 0 Å². The third-order valence-corrected chi connectivity index (χ3v) is 3.89. The van der Waals surface area contributed by atoms with Crippen molar-refractivity contribution in [1.29, 1.82) is 0 Å². The number of hydrogen-bond donors (Lipinski definition) is 0. The van der Waals surface area contributed by atoms with Crippen LogP contribution in [0.1, 0.15) is 44.0 Å². The van der Waals surface area contributed by atoms with Gasteiger partial charge in [-0.1, -0.05) is 12.1 Å². The summed E-state index contributed by atoms with van der Waals surface area (Å²) in [7, 11) is 0. The lowest BCUT2D eigenvalue weighted by atomic mass is 10.1. The fraction of sp³-hybridized carbons (Fsp3) is 0.611. The molecular weight excluding hydrogens is 278 g/mol. The number of para-hydroxylation sites is 1. The lowest BCUT2D eigenvalue weighted by molar-refractivity contribution is -0.0682. The SMILES string of the molecule is CC(=O)c1ccccc1OCCCCN1CC(C)OC(C)C1. The van der Waals surface area contributed by atoms with Gasteiger partial charge >= 0.3 is 0 Å². The van der Waals surface area contributed by atoms with Gasteiger partial charge in [0.15, 0.2) is 5.78 Å². The Balaban J connectivity index is 1.68. The summed E-state index contributed by atoms with van der Waals surface area (Å²) in [4.78, 5) is 14.0. The van der Waals surface area contributed by atoms with Gasteiger partial charge in [0, 0.05) is 13.1 Å². The van der Waals surface area contributed by atoms with E-state index in [-0.39, 0.29) is 5.78 Å². The standard InChI is InChI=1S/C18H27NO3/c1-14-12-19(13-15(2)22-14)10-6-7-11-21-18-9-5-4-8-17(18)16(3)20/h4-5,8-9,14-15H,6-7,10-13H2,1-3H3. The third kappa shape index (κ3) is 5.11. The third-order valence-electron chi connectivity index (χ3n) is 3.89. The number of benzene rings is 1. The molecule has 1 aromatic carbocycles. The zero-order valence-corrected chi connectivity index (χ0v) is 13.9. The molecule has 4 nitrogen and oxygen atoms in total. The van der Waals surface area contributed by atoms with Crippen LogP contribution < -0.4 is 4.74 Å². The minimum Gasteiger partial charge on any atom is -0.493 e. The molecule has 122 valence electrons. The molecule has 2 rings (SSSR count). The van der Waals surface area contributed by atoms with E-state index >= 15 is 0 Å². The number of carbonyl (C=O) groups excluding carboxylic acids is 1. The molecular formula is C18H27NO3. The van der Waals surface area contributed by atoms with E-state index in [1.54, 1.807) is 6.92 Å². The van der Waals surface area contributed by atoms with Gasteiger partial charge in [0.2, 0.25) is 0 Å². The fourth-order valence-electron chi connectivity index (χ4n) is 2.97. The topological polar surface area (TPSA) is 38.8 Å². The first-order valence-electron chi connectivity index (χ1n) is 8.17. The fourth-order valence-corrected chi connectivity index (χ4v) is 2.97. The quantitative estimate of drug-likeness (QED) is 0.573. The van der Waals surface area contributed by atoms with Crippen LogP contribution in [0.15, 0.2) is 24.3 Å². The Hall–Kier alpha value is -1.39. The minimum absolute atomic E-state index is 0.0480. The molecule has 0 saturated carbocycles. The molecule has 4 heteroatoms. The average molecular weight is 305 g/mol. The molecule has 0 aromatic heterocycles. The smallest absolute Gasteiger partial charge is 0.163 e. The molecule has 2 atom stereocenters. The van der Waals surface area contributed by atoms with Crippen molar-refractivity contribution in [1.82, 2.24) is 4.90 Å². The maximum Gasteiger partial charge on any atom is 0.163 e. The van der Waals surface area contributed by atoms with Crippen molar-refractivity contribution in [3.05, 3.63) is 29.8 Å². The number of nitrogens with zero attached hydrogens (tertiary/aromatic N) is 1. The average Bonchev–Trinajstić information content (AvgIpc) is 2.46. The van der Waals surface area contributed by atoms with E-state index in [0.717, 1.165) is 32.5 Å². The van der Waals surface area contributed by atoms with Gasteiger partial charge in [-0.25, -0.2) is 0 Å². The molecule has 0 amide bonds. The molecule has 1 aliphatic heterocycles. The Kier molecular flexibility index (Phi) is 6.40. The van der Waals surface area contributed by atoms with E-state index in [4.69, 9.17) is 9.47 Å². The number of rotatable bonds is 7. The Labute approximate surface area is 133 Å². The molecule has 22 heavy (non-hydrogen) atoms. The van der Waals surface area contributed by atoms with Crippen molar-refractivity contribution in [2.24, 2.45) is 0 Å². The first-order valence-corrected chi connectivity index (χ1v) is 8.17. The van der Waals surface area contributed by atoms with Gasteiger partial charge in [0.25, 0.3) is 0 Å². The minimum atomic E-state index is 0.0480. The Bertz CT molecular complexity index is 479. The molecule has 2 unspecified atom stereocenters. The molecule has 1 aromatic rings. The van der Waals surface area contributed by atoms with E-state index in [1.165, 1.54) is 0 Å². The lowest BCUT2D eigenvalue weighted by Gasteiger charge is -2.35. The Morgan fingerprint density at radius 2 is 1.91 bits per heavy atom. The van der Waals surface area contributed by atoms with E-state index in [9.17, 15) is 4.79 Å². The zero-order valence-electron chi connectivity index (χ0n) is 13.9. The predicted octanol–water partition coefficient (Wildman–Crippen LogP) is 3.16. The highest BCUT2D eigenvalue weighted by molar-refractivity contribution is 5.96. The van der Waals surface area contributed by atoms with Gasteiger partial charge < -0.3 is 9.47 Å². The molecule has 0 N–H and O–H groups in total. The predicted molar refractivity (Wildman–Crippen MR) is 87.6 cm³/mol. The highest BCUT2D eigenvalue weighted by atomic mass is 16.5. The second kappa shape index (κ2) is 8.30. The monoisotopic (exact) mass is 305 g/mol. The van der Waals surface area contributed by atoms with Crippen LogP contribution in [0, 0.1) is 0 Å². The molecule has 0 radical (unpaired) electrons. The summed E-state index contributed by atoms with van der Waals surface area (Å²) in [6, 6.07) is 7.44. The lowest BCUT2D eigenvalue weighted by Crippen LogP contribution is -2.45. The van der Waals surface area contributed by atoms with Crippen LogP contribution in [0.4, 0.5) is 0 Å². The van der Waals surface area contributed by atoms with Crippen LogP contribution in [0.3, 0.4) is 0 Å². The molecule has 1 aliphatic rings. The number of morpholine rings is 1. The van der Waals surface area contributed by atoms with Crippen molar-refractivity contribution in [2.45, 2.75) is 45.8 Å². The molecule has 1 fully saturated rings. The van der Waals surface area contributed by atoms with Gasteiger partial charge in [-0.15, -0.1) is 0 Å². The van der Waals surface area contributed by atoms with Gasteiger partial charge in [-0.3, -0.25) is 9.69 Å². The summed E-state index contributed by atoms with van der Waals surface area (Å²) in [6.45, 7) is 9.59. The number of Topliss-reactive ketones (excluding diaryl/α,β-unsaturated/α-hetero) is 1. The van der Waals surface area contributed by atoms with E-state index in [2.05, 4.69) is 18.7 Å². The number of ether oxygens (including phenoxy) is 2. The van der Waals surface area contributed by atoms with Crippen LogP contribution in [-0.2, 0) is 4.74 Å². The second-order valence-corrected chi connectivity index (χ2v) is 6.12. The first-order chi connectivity index (χ1) is 10.6. The van der Waals surface area contributed by atoms with Crippen molar-refractivity contribution in [2.75, 3.05) is 26.2 Å². The Morgan fingerprint density at radius 3 is 2.59 bits per heavy atom. The summed E-state index contributed by atoms with van der Waals surface area (Å²) in [5, 5.41) is 0. The highest BCUT2D eigenvalue weighted by Gasteiger charge is 2.21. The van der Waals surface area contributed by atoms with E-state index < -0.39 is 0 Å². The molecule has 0 aliphatic carbocycles. The van der Waals surface area contributed by atoms with Gasteiger partial charge in [0.05, 0.1) is 24.4 Å². The summed E-state index contributed by atoms with van der Waals surface area (Å²) in [6.07, 6.45) is 2.73. The molecule has 0 bridgehead atoms. The van der Waals surface area contributed by atoms with Crippen molar-refractivity contribution in [3.63, 3.8) is 0 Å². The van der Waals surface area contributed by atoms with Crippen LogP contribution in [-0.4, -0.2) is 49.1 Å². The second-order valence-electron chi connectivity index (χ2n) is 6.12. The van der Waals surface area contributed by atoms with Gasteiger partial charge in [-0.05, 0) is 52.3 Å². The maximum absolute atomic E-state index is 11.5. The molecule has 1 saturated heterocycles. The largest absolute Gasteiger partial charge is 0.493 e. The summed E-state index contributed by atoms with van der Waals surface area (Å²) in [5.41, 5.74) is 0.665. The van der Waals surface area contributed by atoms with E-state index in [1.807, 2.05) is 24.3 Å². The number of carbonyl (C=O) groups is 1. The summed E-state index contributed by atoms with van der Waals surface area (Å²) >= 11 is 0. The van der Waals surface area contributed by atoms with E-state index in [0.29, 0.717) is 30.1 Å². The number of unbranched alkanes of at least 4 members (excludes halogenated alkanes) is 1. The zero-order chi connectivity index (χ0) is 15.9. The van der Waals surface area contributed by atoms with Crippen LogP contribution in [0.25, 0.3) is 0 Å². The highest BCUT2D eigenvalue weighted by Crippen LogP contribution is 2.18. The molecule has 0 spiro atoms. The Morgan fingerprint density at radius 1 is 1.23 bits per heavy atom. The normalized spacial score (nSPS) is 22.5.